The Morgan fingerprint density at radius 1 is 1.21 bits per heavy atom. The SMILES string of the molecule is CCOC(=O)CN(c1cc([N+](=O)[O-])ccc1C)S(=O)(=O)c1cc(Cl)ccc1Cl. The summed E-state index contributed by atoms with van der Waals surface area (Å²) in [6, 6.07) is 7.56. The normalized spacial score (nSPS) is 11.1. The second kappa shape index (κ2) is 8.76. The average molecular weight is 447 g/mol. The molecule has 0 saturated carbocycles. The van der Waals surface area contributed by atoms with Crippen molar-refractivity contribution in [3.63, 3.8) is 0 Å². The molecule has 28 heavy (non-hydrogen) atoms. The fraction of sp³-hybridized carbons (Fsp3) is 0.235. The number of benzene rings is 2. The predicted octanol–water partition coefficient (Wildman–Crippen LogP) is 3.97. The summed E-state index contributed by atoms with van der Waals surface area (Å²) >= 11 is 11.9. The highest BCUT2D eigenvalue weighted by molar-refractivity contribution is 7.93. The fourth-order valence-electron chi connectivity index (χ4n) is 2.40. The molecule has 0 amide bonds. The molecule has 0 N–H and O–H groups in total. The first-order valence-electron chi connectivity index (χ1n) is 7.96. The van der Waals surface area contributed by atoms with Gasteiger partial charge in [0.15, 0.2) is 0 Å². The number of sulfonamides is 1. The number of hydrogen-bond donors (Lipinski definition) is 0. The van der Waals surface area contributed by atoms with Gasteiger partial charge in [-0.2, -0.15) is 0 Å². The minimum Gasteiger partial charge on any atom is -0.465 e. The summed E-state index contributed by atoms with van der Waals surface area (Å²) in [6.45, 7) is 2.48. The molecule has 0 fully saturated rings. The first-order chi connectivity index (χ1) is 13.1. The van der Waals surface area contributed by atoms with E-state index in [9.17, 15) is 23.3 Å². The van der Waals surface area contributed by atoms with Gasteiger partial charge in [0.25, 0.3) is 15.7 Å². The van der Waals surface area contributed by atoms with Crippen LogP contribution in [0.15, 0.2) is 41.3 Å². The van der Waals surface area contributed by atoms with Crippen molar-refractivity contribution in [2.45, 2.75) is 18.7 Å². The van der Waals surface area contributed by atoms with E-state index in [2.05, 4.69) is 0 Å². The number of rotatable bonds is 7. The number of non-ortho nitro benzene ring substituents is 1. The number of ether oxygens (including phenoxy) is 1. The molecule has 0 heterocycles. The minimum atomic E-state index is -4.39. The van der Waals surface area contributed by atoms with Gasteiger partial charge in [-0.05, 0) is 37.6 Å². The number of nitro groups is 1. The third-order valence-electron chi connectivity index (χ3n) is 3.71. The van der Waals surface area contributed by atoms with Crippen LogP contribution in [0.4, 0.5) is 11.4 Å². The average Bonchev–Trinajstić information content (AvgIpc) is 2.62. The highest BCUT2D eigenvalue weighted by Crippen LogP contribution is 2.33. The van der Waals surface area contributed by atoms with E-state index < -0.39 is 27.5 Å². The lowest BCUT2D eigenvalue weighted by molar-refractivity contribution is -0.384. The molecule has 0 unspecified atom stereocenters. The van der Waals surface area contributed by atoms with Crippen LogP contribution in [0.1, 0.15) is 12.5 Å². The molecule has 11 heteroatoms. The number of carbonyl (C=O) groups excluding carboxylic acids is 1. The van der Waals surface area contributed by atoms with Crippen LogP contribution in [0.2, 0.25) is 10.0 Å². The summed E-state index contributed by atoms with van der Waals surface area (Å²) in [7, 11) is -4.39. The molecule has 0 aliphatic carbocycles. The first kappa shape index (κ1) is 21.9. The van der Waals surface area contributed by atoms with Gasteiger partial charge in [0, 0.05) is 17.2 Å². The topological polar surface area (TPSA) is 107 Å². The number of carbonyl (C=O) groups is 1. The maximum Gasteiger partial charge on any atom is 0.326 e. The number of aryl methyl sites for hydroxylation is 1. The van der Waals surface area contributed by atoms with Gasteiger partial charge in [0.1, 0.15) is 11.4 Å². The Morgan fingerprint density at radius 2 is 1.89 bits per heavy atom. The van der Waals surface area contributed by atoms with Gasteiger partial charge < -0.3 is 4.74 Å². The van der Waals surface area contributed by atoms with Crippen LogP contribution in [0.5, 0.6) is 0 Å². The number of halogens is 2. The van der Waals surface area contributed by atoms with Crippen LogP contribution < -0.4 is 4.31 Å². The Bertz CT molecular complexity index is 1030. The van der Waals surface area contributed by atoms with Gasteiger partial charge in [-0.1, -0.05) is 29.3 Å². The summed E-state index contributed by atoms with van der Waals surface area (Å²) < 4.78 is 32.2. The Kier molecular flexibility index (Phi) is 6.87. The third kappa shape index (κ3) is 4.73. The maximum atomic E-state index is 13.3. The van der Waals surface area contributed by atoms with Crippen LogP contribution in [-0.4, -0.2) is 32.5 Å². The third-order valence-corrected chi connectivity index (χ3v) is 6.19. The molecule has 2 aromatic carbocycles. The molecule has 0 saturated heterocycles. The molecule has 0 aromatic heterocycles. The maximum absolute atomic E-state index is 13.3. The van der Waals surface area contributed by atoms with Gasteiger partial charge in [0.2, 0.25) is 0 Å². The first-order valence-corrected chi connectivity index (χ1v) is 10.2. The standard InChI is InChI=1S/C17H16Cl2N2O6S/c1-3-27-17(22)10-20(15-9-13(21(23)24)6-4-11(15)2)28(25,26)16-8-12(18)5-7-14(16)19/h4-9H,3,10H2,1-2H3. The zero-order valence-electron chi connectivity index (χ0n) is 14.9. The van der Waals surface area contributed by atoms with Crippen molar-refractivity contribution in [3.05, 3.63) is 62.1 Å². The molecule has 8 nitrogen and oxygen atoms in total. The Balaban J connectivity index is 2.69. The predicted molar refractivity (Wildman–Crippen MR) is 105 cm³/mol. The number of hydrogen-bond acceptors (Lipinski definition) is 6. The highest BCUT2D eigenvalue weighted by Gasteiger charge is 2.31. The lowest BCUT2D eigenvalue weighted by atomic mass is 10.2. The lowest BCUT2D eigenvalue weighted by Crippen LogP contribution is -2.37. The van der Waals surface area contributed by atoms with Gasteiger partial charge >= 0.3 is 5.97 Å². The van der Waals surface area contributed by atoms with Gasteiger partial charge in [-0.15, -0.1) is 0 Å². The minimum absolute atomic E-state index is 0.0402. The van der Waals surface area contributed by atoms with E-state index in [0.29, 0.717) is 5.56 Å². The van der Waals surface area contributed by atoms with Crippen LogP contribution in [0.3, 0.4) is 0 Å². The van der Waals surface area contributed by atoms with Crippen molar-refractivity contribution in [1.29, 1.82) is 0 Å². The molecule has 0 atom stereocenters. The zero-order valence-corrected chi connectivity index (χ0v) is 17.2. The molecular formula is C17H16Cl2N2O6S. The van der Waals surface area contributed by atoms with Gasteiger partial charge in [-0.3, -0.25) is 19.2 Å². The van der Waals surface area contributed by atoms with E-state index in [1.165, 1.54) is 24.3 Å². The molecule has 0 aliphatic heterocycles. The van der Waals surface area contributed by atoms with Crippen molar-refractivity contribution >= 4 is 50.6 Å². The van der Waals surface area contributed by atoms with E-state index in [1.54, 1.807) is 13.8 Å². The van der Waals surface area contributed by atoms with E-state index in [-0.39, 0.29) is 32.9 Å². The number of esters is 1. The monoisotopic (exact) mass is 446 g/mol. The number of nitro benzene ring substituents is 1. The van der Waals surface area contributed by atoms with Crippen molar-refractivity contribution in [3.8, 4) is 0 Å². The summed E-state index contributed by atoms with van der Waals surface area (Å²) in [5.41, 5.74) is 0.0248. The Morgan fingerprint density at radius 3 is 2.50 bits per heavy atom. The summed E-state index contributed by atoms with van der Waals surface area (Å²) in [5.74, 6) is -0.824. The molecular weight excluding hydrogens is 431 g/mol. The van der Waals surface area contributed by atoms with Crippen molar-refractivity contribution in [1.82, 2.24) is 0 Å². The summed E-state index contributed by atoms with van der Waals surface area (Å²) in [5, 5.41) is 11.1. The van der Waals surface area contributed by atoms with Crippen molar-refractivity contribution < 1.29 is 22.9 Å². The van der Waals surface area contributed by atoms with Crippen LogP contribution in [-0.2, 0) is 19.6 Å². The second-order valence-electron chi connectivity index (χ2n) is 5.62. The largest absolute Gasteiger partial charge is 0.465 e. The van der Waals surface area contributed by atoms with Crippen LogP contribution in [0.25, 0.3) is 0 Å². The van der Waals surface area contributed by atoms with Gasteiger partial charge in [0.05, 0.1) is 22.2 Å². The lowest BCUT2D eigenvalue weighted by Gasteiger charge is -2.25. The number of anilines is 1. The summed E-state index contributed by atoms with van der Waals surface area (Å²) in [4.78, 5) is 22.2. The van der Waals surface area contributed by atoms with E-state index >= 15 is 0 Å². The van der Waals surface area contributed by atoms with E-state index in [4.69, 9.17) is 27.9 Å². The zero-order chi connectivity index (χ0) is 21.1. The number of nitrogens with zero attached hydrogens (tertiary/aromatic N) is 2. The van der Waals surface area contributed by atoms with Crippen molar-refractivity contribution in [2.75, 3.05) is 17.5 Å². The second-order valence-corrected chi connectivity index (χ2v) is 8.29. The van der Waals surface area contributed by atoms with Crippen LogP contribution in [0, 0.1) is 17.0 Å². The molecule has 0 spiro atoms. The van der Waals surface area contributed by atoms with E-state index in [1.807, 2.05) is 0 Å². The Labute approximate surface area is 171 Å². The highest BCUT2D eigenvalue weighted by atomic mass is 35.5. The fourth-order valence-corrected chi connectivity index (χ4v) is 4.60. The molecule has 150 valence electrons. The smallest absolute Gasteiger partial charge is 0.326 e. The van der Waals surface area contributed by atoms with Crippen molar-refractivity contribution in [2.24, 2.45) is 0 Å². The molecule has 2 aromatic rings. The quantitative estimate of drug-likeness (QED) is 0.361. The Hall–Kier alpha value is -2.36. The van der Waals surface area contributed by atoms with Crippen LogP contribution >= 0.6 is 23.2 Å². The van der Waals surface area contributed by atoms with E-state index in [0.717, 1.165) is 16.4 Å². The molecule has 0 aliphatic rings. The molecule has 0 bridgehead atoms. The molecule has 2 rings (SSSR count). The van der Waals surface area contributed by atoms with Gasteiger partial charge in [-0.25, -0.2) is 8.42 Å². The summed E-state index contributed by atoms with van der Waals surface area (Å²) in [6.07, 6.45) is 0. The molecule has 0 radical (unpaired) electrons.